The minimum absolute atomic E-state index is 0.0260. The monoisotopic (exact) mass is 428 g/mol. The van der Waals surface area contributed by atoms with Crippen molar-refractivity contribution in [1.29, 1.82) is 0 Å². The summed E-state index contributed by atoms with van der Waals surface area (Å²) in [6, 6.07) is -0.0260. The molecule has 1 saturated heterocycles. The van der Waals surface area contributed by atoms with Crippen molar-refractivity contribution < 1.29 is 28.7 Å². The molecule has 0 spiro atoms. The van der Waals surface area contributed by atoms with Gasteiger partial charge in [0.1, 0.15) is 17.7 Å². The Morgan fingerprint density at radius 3 is 1.87 bits per heavy atom. The Balaban J connectivity index is 2.22. The van der Waals surface area contributed by atoms with Gasteiger partial charge in [-0.15, -0.1) is 0 Å². The molecule has 0 aromatic carbocycles. The van der Waals surface area contributed by atoms with Crippen LogP contribution in [0.4, 0.5) is 9.59 Å². The van der Waals surface area contributed by atoms with Crippen LogP contribution in [0.2, 0.25) is 0 Å². The maximum atomic E-state index is 12.2. The van der Waals surface area contributed by atoms with Crippen molar-refractivity contribution in [2.24, 2.45) is 0 Å². The Hall–Kier alpha value is -2.52. The summed E-state index contributed by atoms with van der Waals surface area (Å²) in [5, 5.41) is 7.92. The summed E-state index contributed by atoms with van der Waals surface area (Å²) in [7, 11) is 0. The van der Waals surface area contributed by atoms with Gasteiger partial charge in [0.2, 0.25) is 11.8 Å². The lowest BCUT2D eigenvalue weighted by Gasteiger charge is -2.32. The molecule has 0 saturated carbocycles. The highest BCUT2D eigenvalue weighted by Gasteiger charge is 2.25. The third-order valence-corrected chi connectivity index (χ3v) is 4.02. The maximum Gasteiger partial charge on any atom is 0.408 e. The third kappa shape index (κ3) is 11.5. The second-order valence-electron chi connectivity index (χ2n) is 9.26. The highest BCUT2D eigenvalue weighted by atomic mass is 16.6. The second-order valence-corrected chi connectivity index (χ2v) is 9.26. The topological polar surface area (TPSA) is 126 Å². The number of likely N-dealkylation sites (tertiary alicyclic amines) is 1. The summed E-state index contributed by atoms with van der Waals surface area (Å²) in [6.45, 7) is 11.6. The van der Waals surface area contributed by atoms with Gasteiger partial charge in [0.05, 0.1) is 0 Å². The number of ether oxygens (including phenoxy) is 2. The molecule has 3 N–H and O–H groups in total. The van der Waals surface area contributed by atoms with E-state index < -0.39 is 23.4 Å². The number of amides is 4. The van der Waals surface area contributed by atoms with Crippen LogP contribution in [0.5, 0.6) is 0 Å². The molecule has 1 heterocycles. The third-order valence-electron chi connectivity index (χ3n) is 4.02. The highest BCUT2D eigenvalue weighted by molar-refractivity contribution is 5.82. The van der Waals surface area contributed by atoms with Gasteiger partial charge in [-0.2, -0.15) is 0 Å². The molecule has 0 radical (unpaired) electrons. The van der Waals surface area contributed by atoms with Crippen molar-refractivity contribution >= 4 is 24.0 Å². The molecule has 0 bridgehead atoms. The first-order chi connectivity index (χ1) is 13.7. The molecule has 0 aromatic rings. The van der Waals surface area contributed by atoms with Gasteiger partial charge in [0.15, 0.2) is 0 Å². The van der Waals surface area contributed by atoms with Crippen LogP contribution in [-0.4, -0.2) is 72.3 Å². The van der Waals surface area contributed by atoms with E-state index in [-0.39, 0.29) is 37.4 Å². The van der Waals surface area contributed by atoms with Crippen LogP contribution < -0.4 is 16.0 Å². The predicted octanol–water partition coefficient (Wildman–Crippen LogP) is 1.53. The van der Waals surface area contributed by atoms with Gasteiger partial charge in [0, 0.05) is 32.1 Å². The van der Waals surface area contributed by atoms with Gasteiger partial charge in [-0.3, -0.25) is 9.59 Å². The van der Waals surface area contributed by atoms with Gasteiger partial charge in [-0.05, 0) is 54.4 Å². The first-order valence-corrected chi connectivity index (χ1v) is 10.3. The van der Waals surface area contributed by atoms with E-state index in [0.29, 0.717) is 25.9 Å². The van der Waals surface area contributed by atoms with Crippen LogP contribution in [0.1, 0.15) is 60.8 Å². The summed E-state index contributed by atoms with van der Waals surface area (Å²) in [5.74, 6) is -0.352. The van der Waals surface area contributed by atoms with Gasteiger partial charge >= 0.3 is 12.2 Å². The summed E-state index contributed by atoms with van der Waals surface area (Å²) < 4.78 is 10.2. The molecule has 30 heavy (non-hydrogen) atoms. The minimum Gasteiger partial charge on any atom is -0.444 e. The van der Waals surface area contributed by atoms with Crippen LogP contribution in [0.15, 0.2) is 0 Å². The summed E-state index contributed by atoms with van der Waals surface area (Å²) >= 11 is 0. The fraction of sp³-hybridized carbons (Fsp3) is 0.800. The quantitative estimate of drug-likeness (QED) is 0.589. The Labute approximate surface area is 178 Å². The molecule has 172 valence electrons. The fourth-order valence-electron chi connectivity index (χ4n) is 2.74. The first kappa shape index (κ1) is 25.5. The Morgan fingerprint density at radius 2 is 1.37 bits per heavy atom. The van der Waals surface area contributed by atoms with Gasteiger partial charge in [-0.25, -0.2) is 9.59 Å². The van der Waals surface area contributed by atoms with Gasteiger partial charge < -0.3 is 30.3 Å². The minimum atomic E-state index is -0.627. The zero-order valence-electron chi connectivity index (χ0n) is 18.9. The molecule has 10 heteroatoms. The predicted molar refractivity (Wildman–Crippen MR) is 111 cm³/mol. The zero-order valence-corrected chi connectivity index (χ0v) is 18.9. The smallest absolute Gasteiger partial charge is 0.408 e. The van der Waals surface area contributed by atoms with E-state index in [1.54, 1.807) is 46.4 Å². The Morgan fingerprint density at radius 1 is 0.867 bits per heavy atom. The number of nitrogens with one attached hydrogen (secondary N) is 3. The van der Waals surface area contributed by atoms with Crippen molar-refractivity contribution in [3.63, 3.8) is 0 Å². The molecule has 0 aliphatic carbocycles. The molecular weight excluding hydrogens is 392 g/mol. The van der Waals surface area contributed by atoms with Crippen LogP contribution in [-0.2, 0) is 19.1 Å². The van der Waals surface area contributed by atoms with E-state index in [1.165, 1.54) is 0 Å². The molecule has 0 unspecified atom stereocenters. The van der Waals surface area contributed by atoms with E-state index in [9.17, 15) is 19.2 Å². The average Bonchev–Trinajstić information content (AvgIpc) is 2.57. The van der Waals surface area contributed by atoms with Gasteiger partial charge in [0.25, 0.3) is 0 Å². The van der Waals surface area contributed by atoms with Crippen LogP contribution in [0.25, 0.3) is 0 Å². The van der Waals surface area contributed by atoms with Crippen molar-refractivity contribution in [1.82, 2.24) is 20.9 Å². The molecule has 1 aliphatic rings. The number of hydrogen-bond donors (Lipinski definition) is 3. The lowest BCUT2D eigenvalue weighted by molar-refractivity contribution is -0.131. The molecule has 10 nitrogen and oxygen atoms in total. The number of hydrogen-bond acceptors (Lipinski definition) is 6. The SMILES string of the molecule is CC(C)(C)OC(=O)NCCC(=O)NC1CCN(C(=O)CNC(=O)OC(C)(C)C)CC1. The lowest BCUT2D eigenvalue weighted by Crippen LogP contribution is -2.49. The van der Waals surface area contributed by atoms with Crippen LogP contribution >= 0.6 is 0 Å². The summed E-state index contributed by atoms with van der Waals surface area (Å²) in [5.41, 5.74) is -1.20. The number of piperidine rings is 1. The van der Waals surface area contributed by atoms with Crippen LogP contribution in [0, 0.1) is 0 Å². The van der Waals surface area contributed by atoms with E-state index >= 15 is 0 Å². The van der Waals surface area contributed by atoms with E-state index in [2.05, 4.69) is 16.0 Å². The Bertz CT molecular complexity index is 616. The maximum absolute atomic E-state index is 12.2. The first-order valence-electron chi connectivity index (χ1n) is 10.3. The highest BCUT2D eigenvalue weighted by Crippen LogP contribution is 2.11. The standard InChI is InChI=1S/C20H36N4O6/c1-19(2,3)29-17(27)21-10-7-15(25)23-14-8-11-24(12-9-14)16(26)13-22-18(28)30-20(4,5)6/h14H,7-13H2,1-6H3,(H,21,27)(H,22,28)(H,23,25). The van der Waals surface area contributed by atoms with Crippen molar-refractivity contribution in [3.05, 3.63) is 0 Å². The molecule has 1 fully saturated rings. The number of rotatable bonds is 6. The lowest BCUT2D eigenvalue weighted by atomic mass is 10.0. The number of nitrogens with zero attached hydrogens (tertiary/aromatic N) is 1. The van der Waals surface area contributed by atoms with Crippen molar-refractivity contribution in [3.8, 4) is 0 Å². The number of alkyl carbamates (subject to hydrolysis) is 2. The Kier molecular flexibility index (Phi) is 9.38. The molecular formula is C20H36N4O6. The van der Waals surface area contributed by atoms with Crippen molar-refractivity contribution in [2.75, 3.05) is 26.2 Å². The summed E-state index contributed by atoms with van der Waals surface area (Å²) in [4.78, 5) is 49.1. The fourth-order valence-corrected chi connectivity index (χ4v) is 2.74. The van der Waals surface area contributed by atoms with E-state index in [1.807, 2.05) is 0 Å². The normalized spacial score (nSPS) is 15.2. The average molecular weight is 429 g/mol. The number of carbonyl (C=O) groups is 4. The molecule has 0 aromatic heterocycles. The van der Waals surface area contributed by atoms with E-state index in [0.717, 1.165) is 0 Å². The molecule has 1 aliphatic heterocycles. The van der Waals surface area contributed by atoms with E-state index in [4.69, 9.17) is 9.47 Å². The molecule has 4 amide bonds. The second kappa shape index (κ2) is 11.0. The zero-order chi connectivity index (χ0) is 22.9. The molecule has 1 rings (SSSR count). The van der Waals surface area contributed by atoms with Gasteiger partial charge in [-0.1, -0.05) is 0 Å². The largest absolute Gasteiger partial charge is 0.444 e. The number of carbonyl (C=O) groups excluding carboxylic acids is 4. The van der Waals surface area contributed by atoms with Crippen molar-refractivity contribution in [2.45, 2.75) is 78.0 Å². The summed E-state index contributed by atoms with van der Waals surface area (Å²) in [6.07, 6.45) is 0.227. The van der Waals surface area contributed by atoms with Crippen LogP contribution in [0.3, 0.4) is 0 Å². The molecule has 0 atom stereocenters.